The molecular formula is C13H21N3S. The van der Waals surface area contributed by atoms with E-state index < -0.39 is 0 Å². The Balaban J connectivity index is 2.16. The van der Waals surface area contributed by atoms with E-state index in [-0.39, 0.29) is 6.04 Å². The molecule has 0 spiro atoms. The second-order valence-corrected chi connectivity index (χ2v) is 6.22. The van der Waals surface area contributed by atoms with Gasteiger partial charge in [0.1, 0.15) is 0 Å². The summed E-state index contributed by atoms with van der Waals surface area (Å²) in [6.07, 6.45) is 1.96. The normalized spacial score (nSPS) is 26.9. The van der Waals surface area contributed by atoms with Crippen LogP contribution in [-0.2, 0) is 0 Å². The Morgan fingerprint density at radius 2 is 2.24 bits per heavy atom. The van der Waals surface area contributed by atoms with Crippen LogP contribution in [0.5, 0.6) is 0 Å². The summed E-state index contributed by atoms with van der Waals surface area (Å²) in [5, 5.41) is 0.678. The lowest BCUT2D eigenvalue weighted by Crippen LogP contribution is -2.44. The zero-order chi connectivity index (χ0) is 12.4. The average Bonchev–Trinajstić information content (AvgIpc) is 2.33. The maximum Gasteiger partial charge on any atom is 0.0569 e. The van der Waals surface area contributed by atoms with Crippen LogP contribution in [0.4, 0.5) is 5.69 Å². The highest BCUT2D eigenvalue weighted by Crippen LogP contribution is 2.28. The average molecular weight is 251 g/mol. The Kier molecular flexibility index (Phi) is 3.94. The fourth-order valence-electron chi connectivity index (χ4n) is 2.13. The molecule has 1 saturated heterocycles. The predicted octanol–water partition coefficient (Wildman–Crippen LogP) is 2.43. The molecule has 0 aromatic carbocycles. The smallest absolute Gasteiger partial charge is 0.0569 e. The summed E-state index contributed by atoms with van der Waals surface area (Å²) in [5.74, 6) is 1.19. The van der Waals surface area contributed by atoms with Crippen LogP contribution in [0.25, 0.3) is 0 Å². The number of pyridine rings is 1. The standard InChI is InChI=1S/C13H21N3S/c1-9(14)13-5-4-12(8-15-13)16-6-7-17-11(3)10(16)2/h4-5,8-11H,6-7,14H2,1-3H3. The first-order valence-electron chi connectivity index (χ1n) is 6.19. The summed E-state index contributed by atoms with van der Waals surface area (Å²) < 4.78 is 0. The predicted molar refractivity (Wildman–Crippen MR) is 75.6 cm³/mol. The molecule has 1 aromatic heterocycles. The van der Waals surface area contributed by atoms with E-state index in [1.54, 1.807) is 0 Å². The van der Waals surface area contributed by atoms with Gasteiger partial charge in [-0.1, -0.05) is 6.92 Å². The molecule has 0 amide bonds. The van der Waals surface area contributed by atoms with Gasteiger partial charge in [-0.2, -0.15) is 11.8 Å². The van der Waals surface area contributed by atoms with Crippen LogP contribution >= 0.6 is 11.8 Å². The lowest BCUT2D eigenvalue weighted by Gasteiger charge is -2.39. The highest BCUT2D eigenvalue weighted by molar-refractivity contribution is 8.00. The van der Waals surface area contributed by atoms with Gasteiger partial charge in [-0.15, -0.1) is 0 Å². The quantitative estimate of drug-likeness (QED) is 0.876. The van der Waals surface area contributed by atoms with Crippen molar-refractivity contribution in [1.82, 2.24) is 4.98 Å². The fraction of sp³-hybridized carbons (Fsp3) is 0.615. The SMILES string of the molecule is CC(N)c1ccc(N2CCSC(C)C2C)cn1. The van der Waals surface area contributed by atoms with E-state index in [4.69, 9.17) is 5.73 Å². The van der Waals surface area contributed by atoms with E-state index >= 15 is 0 Å². The summed E-state index contributed by atoms with van der Waals surface area (Å²) in [6.45, 7) is 7.65. The summed E-state index contributed by atoms with van der Waals surface area (Å²) in [7, 11) is 0. The Labute approximate surface area is 108 Å². The zero-order valence-corrected chi connectivity index (χ0v) is 11.6. The van der Waals surface area contributed by atoms with Gasteiger partial charge >= 0.3 is 0 Å². The number of aromatic nitrogens is 1. The summed E-state index contributed by atoms with van der Waals surface area (Å²) >= 11 is 2.05. The Morgan fingerprint density at radius 3 is 2.82 bits per heavy atom. The van der Waals surface area contributed by atoms with Crippen molar-refractivity contribution in [2.75, 3.05) is 17.2 Å². The zero-order valence-electron chi connectivity index (χ0n) is 10.8. The Hall–Kier alpha value is -0.740. The van der Waals surface area contributed by atoms with Crippen LogP contribution in [0, 0.1) is 0 Å². The van der Waals surface area contributed by atoms with Crippen molar-refractivity contribution in [3.63, 3.8) is 0 Å². The number of rotatable bonds is 2. The van der Waals surface area contributed by atoms with Gasteiger partial charge in [0, 0.05) is 29.6 Å². The molecule has 3 unspecified atom stereocenters. The molecule has 3 atom stereocenters. The molecule has 0 saturated carbocycles. The number of anilines is 1. The highest BCUT2D eigenvalue weighted by Gasteiger charge is 2.25. The van der Waals surface area contributed by atoms with Crippen molar-refractivity contribution in [3.05, 3.63) is 24.0 Å². The van der Waals surface area contributed by atoms with Crippen LogP contribution in [-0.4, -0.2) is 28.6 Å². The van der Waals surface area contributed by atoms with Crippen molar-refractivity contribution in [2.45, 2.75) is 38.1 Å². The molecule has 0 aliphatic carbocycles. The lowest BCUT2D eigenvalue weighted by atomic mass is 10.1. The van der Waals surface area contributed by atoms with Crippen molar-refractivity contribution in [3.8, 4) is 0 Å². The molecule has 2 rings (SSSR count). The molecule has 0 radical (unpaired) electrons. The fourth-order valence-corrected chi connectivity index (χ4v) is 3.23. The van der Waals surface area contributed by atoms with Crippen molar-refractivity contribution in [1.29, 1.82) is 0 Å². The van der Waals surface area contributed by atoms with Gasteiger partial charge in [-0.05, 0) is 26.0 Å². The minimum absolute atomic E-state index is 0.0114. The number of thioether (sulfide) groups is 1. The Bertz CT molecular complexity index is 363. The van der Waals surface area contributed by atoms with E-state index in [0.29, 0.717) is 11.3 Å². The van der Waals surface area contributed by atoms with Crippen LogP contribution < -0.4 is 10.6 Å². The van der Waals surface area contributed by atoms with Crippen LogP contribution in [0.1, 0.15) is 32.5 Å². The van der Waals surface area contributed by atoms with E-state index in [0.717, 1.165) is 12.2 Å². The second-order valence-electron chi connectivity index (χ2n) is 4.74. The molecule has 94 valence electrons. The van der Waals surface area contributed by atoms with E-state index in [1.807, 2.05) is 19.2 Å². The first-order valence-corrected chi connectivity index (χ1v) is 7.24. The molecule has 3 nitrogen and oxygen atoms in total. The molecule has 4 heteroatoms. The van der Waals surface area contributed by atoms with Crippen LogP contribution in [0.15, 0.2) is 18.3 Å². The first-order chi connectivity index (χ1) is 8.09. The molecule has 2 heterocycles. The molecule has 1 aliphatic rings. The number of hydrogen-bond acceptors (Lipinski definition) is 4. The van der Waals surface area contributed by atoms with E-state index in [1.165, 1.54) is 11.4 Å². The third-order valence-electron chi connectivity index (χ3n) is 3.45. The maximum atomic E-state index is 5.81. The van der Waals surface area contributed by atoms with Crippen molar-refractivity contribution < 1.29 is 0 Å². The van der Waals surface area contributed by atoms with Gasteiger partial charge in [0.25, 0.3) is 0 Å². The largest absolute Gasteiger partial charge is 0.366 e. The summed E-state index contributed by atoms with van der Waals surface area (Å²) in [4.78, 5) is 6.88. The monoisotopic (exact) mass is 251 g/mol. The molecule has 0 bridgehead atoms. The van der Waals surface area contributed by atoms with Crippen molar-refractivity contribution >= 4 is 17.4 Å². The summed E-state index contributed by atoms with van der Waals surface area (Å²) in [5.41, 5.74) is 7.99. The van der Waals surface area contributed by atoms with Gasteiger partial charge < -0.3 is 10.6 Å². The molecule has 17 heavy (non-hydrogen) atoms. The third kappa shape index (κ3) is 2.75. The van der Waals surface area contributed by atoms with Crippen LogP contribution in [0.2, 0.25) is 0 Å². The second kappa shape index (κ2) is 5.27. The highest BCUT2D eigenvalue weighted by atomic mass is 32.2. The van der Waals surface area contributed by atoms with Gasteiger partial charge in [-0.3, -0.25) is 4.98 Å². The molecule has 1 aromatic rings. The molecule has 1 aliphatic heterocycles. The van der Waals surface area contributed by atoms with Gasteiger partial charge in [0.15, 0.2) is 0 Å². The summed E-state index contributed by atoms with van der Waals surface area (Å²) in [6, 6.07) is 4.76. The topological polar surface area (TPSA) is 42.1 Å². The maximum absolute atomic E-state index is 5.81. The lowest BCUT2D eigenvalue weighted by molar-refractivity contribution is 0.625. The number of nitrogens with two attached hydrogens (primary N) is 1. The molecule has 1 fully saturated rings. The minimum Gasteiger partial charge on any atom is -0.366 e. The van der Waals surface area contributed by atoms with Gasteiger partial charge in [-0.25, -0.2) is 0 Å². The van der Waals surface area contributed by atoms with Crippen molar-refractivity contribution in [2.24, 2.45) is 5.73 Å². The molecular weight excluding hydrogens is 230 g/mol. The first kappa shape index (κ1) is 12.7. The van der Waals surface area contributed by atoms with Gasteiger partial charge in [0.2, 0.25) is 0 Å². The molecule has 2 N–H and O–H groups in total. The number of hydrogen-bond donors (Lipinski definition) is 1. The van der Waals surface area contributed by atoms with E-state index in [2.05, 4.69) is 41.6 Å². The minimum atomic E-state index is 0.0114. The van der Waals surface area contributed by atoms with Gasteiger partial charge in [0.05, 0.1) is 17.6 Å². The number of nitrogens with zero attached hydrogens (tertiary/aromatic N) is 2. The van der Waals surface area contributed by atoms with Crippen LogP contribution in [0.3, 0.4) is 0 Å². The van der Waals surface area contributed by atoms with E-state index in [9.17, 15) is 0 Å². The third-order valence-corrected chi connectivity index (χ3v) is 4.79. The Morgan fingerprint density at radius 1 is 1.47 bits per heavy atom.